The van der Waals surface area contributed by atoms with E-state index in [0.717, 1.165) is 0 Å². The maximum absolute atomic E-state index is 13.6. The van der Waals surface area contributed by atoms with E-state index in [1.54, 1.807) is 10.8 Å². The van der Waals surface area contributed by atoms with Crippen LogP contribution in [0, 0.1) is 25.7 Å². The van der Waals surface area contributed by atoms with Gasteiger partial charge in [-0.2, -0.15) is 31.7 Å². The maximum atomic E-state index is 13.6. The van der Waals surface area contributed by atoms with E-state index in [2.05, 4.69) is 81.7 Å². The number of Topliss-reactive ketones (excluding diaryl/α,β-unsaturated/α-hetero) is 3. The number of nitrogens with one attached hydrogen (secondary N) is 8. The number of aliphatic hydroxyl groups excluding tert-OH is 1. The van der Waals surface area contributed by atoms with E-state index in [4.69, 9.17) is 11.5 Å². The number of phenols is 1. The van der Waals surface area contributed by atoms with Gasteiger partial charge in [0, 0.05) is 76.0 Å². The summed E-state index contributed by atoms with van der Waals surface area (Å²) in [6.07, 6.45) is -0.649. The van der Waals surface area contributed by atoms with Crippen LogP contribution < -0.4 is 54.1 Å². The SMILES string of the molecule is [CH2-]C[C@@H]1CC(CSSCN[C@@H](CS)C(=O)C(=O)[C@H](C)NC(=O)[C@@H]2CCCN2NC(CC(N)=O)C(=O)N[C@H](C(=O)NCC(=O)NC([CH2-])C(=O)N[C@@H](Cc2ccc(O)cc2)C(N)=O)[C@@H](C)O)CSSCC(=O)[C@H](CS)NC1=O.[HH].[Y]. The summed E-state index contributed by atoms with van der Waals surface area (Å²) in [4.78, 5) is 142. The molecule has 0 spiro atoms. The molecule has 2 heterocycles. The molecule has 2 aliphatic rings. The number of primary amides is 2. The average molecular weight is 1270 g/mol. The van der Waals surface area contributed by atoms with Gasteiger partial charge in [0.2, 0.25) is 58.8 Å². The quantitative estimate of drug-likeness (QED) is 0.00967. The van der Waals surface area contributed by atoms with Gasteiger partial charge >= 0.3 is 0 Å². The van der Waals surface area contributed by atoms with Crippen LogP contribution in [-0.2, 0) is 91.9 Å². The third kappa shape index (κ3) is 24.2. The van der Waals surface area contributed by atoms with Crippen molar-refractivity contribution in [3.8, 4) is 5.75 Å². The number of aliphatic hydroxyl groups is 1. The second kappa shape index (κ2) is 36.2. The molecule has 0 bridgehead atoms. The summed E-state index contributed by atoms with van der Waals surface area (Å²) in [5, 5.41) is 38.9. The molecule has 11 atom stereocenters. The Bertz CT molecular complexity index is 2220. The average Bonchev–Trinajstić information content (AvgIpc) is 3.84. The maximum Gasteiger partial charge on any atom is 0.245 e. The summed E-state index contributed by atoms with van der Waals surface area (Å²) in [7, 11) is 5.95. The Balaban J connectivity index is 0.0000152. The number of benzene rings is 1. The Morgan fingerprint density at radius 1 is 0.922 bits per heavy atom. The minimum Gasteiger partial charge on any atom is -0.508 e. The molecular weight excluding hydrogens is 1200 g/mol. The van der Waals surface area contributed by atoms with Crippen LogP contribution in [0.15, 0.2) is 24.3 Å². The zero-order chi connectivity index (χ0) is 56.6. The van der Waals surface area contributed by atoms with Crippen molar-refractivity contribution < 1.29 is 97.1 Å². The van der Waals surface area contributed by atoms with Crippen molar-refractivity contribution in [3.63, 3.8) is 0 Å². The summed E-state index contributed by atoms with van der Waals surface area (Å²) in [6.45, 7) is 9.43. The Kier molecular flexibility index (Phi) is 32.9. The van der Waals surface area contributed by atoms with Crippen LogP contribution in [0.5, 0.6) is 5.75 Å². The number of hydrogen-bond donors (Lipinski definition) is 14. The number of nitrogens with two attached hydrogens (primary N) is 2. The zero-order valence-electron chi connectivity index (χ0n) is 42.6. The normalized spacial score (nSPS) is 20.9. The number of ketones is 3. The molecular formula is C46H71N11O13S6Y-2. The van der Waals surface area contributed by atoms with E-state index in [9.17, 15) is 63.0 Å². The summed E-state index contributed by atoms with van der Waals surface area (Å²) in [6, 6.07) is -3.98. The standard InChI is InChI=1S/C46H69N11O13S6.Y.H2/c1-5-28-13-27(19-73-75-21-35(60)32(17-71)54-43(28)67)20-74-76-22-50-33(18-72)40(64)39(63)23(2)52-45(69)34-7-6-12-57(34)56-31(15-36(47)61)44(68)55-38(25(4)58)46(70)49-16-37(62)51-24(3)42(66)53-30(41(48)65)14-26-8-10-29(59)11-9-26;;/h8-11,23-25,27-28,30-34,38,50,56,58-59,71-72H,1,3,5-7,12-22H2,2,4H3,(H2,47,61)(H2,48,65)(H,49,70)(H,51,62)(H,52,69)(H,53,66)(H,54,67)(H,55,68);;1H/q-2;;/t23-,24?,25+,27?,28+,30-,31?,32-,33-,34-,38-;;/m0../s1. The number of amides is 8. The number of hydrogen-bond acceptors (Lipinski definition) is 22. The number of thiol groups is 2. The fourth-order valence-corrected chi connectivity index (χ4v) is 12.9. The zero-order valence-corrected chi connectivity index (χ0v) is 50.5. The van der Waals surface area contributed by atoms with Gasteiger partial charge in [0.25, 0.3) is 0 Å². The molecule has 2 saturated heterocycles. The smallest absolute Gasteiger partial charge is 0.245 e. The number of aromatic hydroxyl groups is 1. The van der Waals surface area contributed by atoms with Gasteiger partial charge in [0.1, 0.15) is 29.9 Å². The van der Waals surface area contributed by atoms with Crippen LogP contribution in [0.4, 0.5) is 0 Å². The largest absolute Gasteiger partial charge is 0.508 e. The first-order valence-electron chi connectivity index (χ1n) is 24.0. The molecule has 0 aromatic heterocycles. The van der Waals surface area contributed by atoms with Crippen molar-refractivity contribution >= 4 is 133 Å². The molecule has 1 aromatic rings. The first-order chi connectivity index (χ1) is 36.0. The van der Waals surface area contributed by atoms with Crippen molar-refractivity contribution in [2.75, 3.05) is 47.7 Å². The van der Waals surface area contributed by atoms with Crippen LogP contribution in [0.1, 0.15) is 52.9 Å². The predicted molar refractivity (Wildman–Crippen MR) is 300 cm³/mol. The van der Waals surface area contributed by atoms with Crippen molar-refractivity contribution in [2.24, 2.45) is 23.3 Å². The monoisotopic (exact) mass is 1270 g/mol. The third-order valence-electron chi connectivity index (χ3n) is 11.9. The molecule has 0 aliphatic carbocycles. The van der Waals surface area contributed by atoms with Gasteiger partial charge in [-0.3, -0.25) is 58.1 Å². The van der Waals surface area contributed by atoms with E-state index < -0.39 is 120 Å². The molecule has 77 heavy (non-hydrogen) atoms. The molecule has 2 fully saturated rings. The number of phenolic OH excluding ortho intramolecular Hbond substituents is 1. The van der Waals surface area contributed by atoms with E-state index in [0.29, 0.717) is 36.3 Å². The van der Waals surface area contributed by atoms with Crippen molar-refractivity contribution in [1.82, 2.24) is 47.7 Å². The topological polar surface area (TPSA) is 380 Å². The summed E-state index contributed by atoms with van der Waals surface area (Å²) < 4.78 is 0. The number of carbonyl (C=O) groups is 11. The molecule has 3 unspecified atom stereocenters. The molecule has 31 heteroatoms. The molecule has 0 saturated carbocycles. The van der Waals surface area contributed by atoms with Crippen molar-refractivity contribution in [3.05, 3.63) is 43.7 Å². The van der Waals surface area contributed by atoms with Crippen LogP contribution in [0.3, 0.4) is 0 Å². The molecule has 429 valence electrons. The minimum atomic E-state index is -1.70. The third-order valence-corrected chi connectivity index (χ3v) is 17.3. The van der Waals surface area contributed by atoms with Crippen molar-refractivity contribution in [1.29, 1.82) is 0 Å². The predicted octanol–water partition coefficient (Wildman–Crippen LogP) is -2.24. The Morgan fingerprint density at radius 2 is 1.61 bits per heavy atom. The summed E-state index contributed by atoms with van der Waals surface area (Å²) in [5.74, 6) is -6.61. The number of nitrogens with zero attached hydrogens (tertiary/aromatic N) is 1. The van der Waals surface area contributed by atoms with Crippen LogP contribution in [0.25, 0.3) is 0 Å². The fourth-order valence-electron chi connectivity index (χ4n) is 7.53. The van der Waals surface area contributed by atoms with Gasteiger partial charge in [-0.05, 0) is 62.8 Å². The van der Waals surface area contributed by atoms with Crippen molar-refractivity contribution in [2.45, 2.75) is 107 Å². The van der Waals surface area contributed by atoms with E-state index in [-0.39, 0.29) is 106 Å². The number of rotatable bonds is 30. The molecule has 24 nitrogen and oxygen atoms in total. The number of carbonyl (C=O) groups excluding carboxylic acids is 11. The molecule has 8 amide bonds. The van der Waals surface area contributed by atoms with Gasteiger partial charge in [0.15, 0.2) is 5.78 Å². The van der Waals surface area contributed by atoms with Crippen LogP contribution >= 0.6 is 68.4 Å². The van der Waals surface area contributed by atoms with E-state index in [1.807, 2.05) is 0 Å². The van der Waals surface area contributed by atoms with Gasteiger partial charge in [-0.1, -0.05) is 55.3 Å². The minimum absolute atomic E-state index is 0. The molecule has 2 aliphatic heterocycles. The second-order valence-electron chi connectivity index (χ2n) is 17.9. The fraction of sp³-hybridized carbons (Fsp3) is 0.587. The van der Waals surface area contributed by atoms with Gasteiger partial charge in [-0.15, -0.1) is 0 Å². The molecule has 3 rings (SSSR count). The van der Waals surface area contributed by atoms with Crippen LogP contribution in [0.2, 0.25) is 0 Å². The van der Waals surface area contributed by atoms with E-state index >= 15 is 0 Å². The van der Waals surface area contributed by atoms with Gasteiger partial charge in [0.05, 0.1) is 48.8 Å². The molecule has 1 aromatic carbocycles. The Labute approximate surface area is 501 Å². The first-order valence-corrected chi connectivity index (χ1v) is 30.3. The second-order valence-corrected chi connectivity index (χ2v) is 23.6. The summed E-state index contributed by atoms with van der Waals surface area (Å²) in [5.41, 5.74) is 14.3. The van der Waals surface area contributed by atoms with Gasteiger partial charge in [-0.25, -0.2) is 10.4 Å². The molecule has 14 N–H and O–H groups in total. The molecule has 1 radical (unpaired) electrons. The van der Waals surface area contributed by atoms with Gasteiger partial charge < -0.3 is 67.4 Å². The Morgan fingerprint density at radius 3 is 2.22 bits per heavy atom. The first kappa shape index (κ1) is 69.9. The Hall–Kier alpha value is -3.17. The number of hydrazine groups is 1. The van der Waals surface area contributed by atoms with E-state index in [1.165, 1.54) is 75.5 Å². The summed E-state index contributed by atoms with van der Waals surface area (Å²) >= 11 is 8.50. The van der Waals surface area contributed by atoms with Crippen LogP contribution in [-0.4, -0.2) is 182 Å².